The Hall–Kier alpha value is -2.15. The molecule has 1 unspecified atom stereocenters. The third-order valence-electron chi connectivity index (χ3n) is 2.76. The Kier molecular flexibility index (Phi) is 4.48. The van der Waals surface area contributed by atoms with E-state index in [9.17, 15) is 4.79 Å². The Morgan fingerprint density at radius 2 is 1.94 bits per heavy atom. The van der Waals surface area contributed by atoms with E-state index in [0.29, 0.717) is 5.92 Å². The maximum absolute atomic E-state index is 11.6. The zero-order valence-electron chi connectivity index (χ0n) is 10.2. The summed E-state index contributed by atoms with van der Waals surface area (Å²) in [5.41, 5.74) is 1.04. The average molecular weight is 236 g/mol. The lowest BCUT2D eigenvalue weighted by Crippen LogP contribution is -1.94. The molecular weight excluding hydrogens is 220 g/mol. The molecule has 0 radical (unpaired) electrons. The molecule has 1 aromatic rings. The minimum absolute atomic E-state index is 0.0295. The van der Waals surface area contributed by atoms with E-state index in [4.69, 9.17) is 0 Å². The highest BCUT2D eigenvalue weighted by atomic mass is 16.1. The second-order valence-corrected chi connectivity index (χ2v) is 4.22. The van der Waals surface area contributed by atoms with Gasteiger partial charge < -0.3 is 0 Å². The molecule has 0 amide bonds. The second-order valence-electron chi connectivity index (χ2n) is 4.22. The van der Waals surface area contributed by atoms with Crippen LogP contribution >= 0.6 is 0 Å². The molecule has 18 heavy (non-hydrogen) atoms. The molecule has 0 heterocycles. The molecule has 0 bridgehead atoms. The van der Waals surface area contributed by atoms with E-state index < -0.39 is 0 Å². The molecule has 1 aromatic carbocycles. The predicted molar refractivity (Wildman–Crippen MR) is 76.0 cm³/mol. The molecule has 0 saturated heterocycles. The lowest BCUT2D eigenvalue weighted by atomic mass is 10.00. The summed E-state index contributed by atoms with van der Waals surface area (Å²) in [5.74, 6) is 0.380. The van der Waals surface area contributed by atoms with Gasteiger partial charge in [-0.2, -0.15) is 0 Å². The first-order chi connectivity index (χ1) is 8.84. The third-order valence-corrected chi connectivity index (χ3v) is 2.76. The van der Waals surface area contributed by atoms with Gasteiger partial charge in [-0.05, 0) is 30.1 Å². The minimum atomic E-state index is 0.0295. The smallest absolute Gasteiger partial charge is 0.178 e. The van der Waals surface area contributed by atoms with Crippen LogP contribution in [0, 0.1) is 5.92 Å². The molecule has 0 aliphatic heterocycles. The molecule has 0 spiro atoms. The SMILES string of the molecule is O=C(C=Cc1ccccc1)C=CC1C=CC=CC1. The Labute approximate surface area is 108 Å². The van der Waals surface area contributed by atoms with Crippen molar-refractivity contribution < 1.29 is 4.79 Å². The van der Waals surface area contributed by atoms with Crippen molar-refractivity contribution in [2.45, 2.75) is 6.42 Å². The topological polar surface area (TPSA) is 17.1 Å². The summed E-state index contributed by atoms with van der Waals surface area (Å²) < 4.78 is 0. The normalized spacial score (nSPS) is 18.8. The van der Waals surface area contributed by atoms with Crippen LogP contribution in [-0.4, -0.2) is 5.78 Å². The number of carbonyl (C=O) groups excluding carboxylic acids is 1. The average Bonchev–Trinajstić information content (AvgIpc) is 2.45. The lowest BCUT2D eigenvalue weighted by Gasteiger charge is -2.05. The summed E-state index contributed by atoms with van der Waals surface area (Å²) in [4.78, 5) is 11.6. The summed E-state index contributed by atoms with van der Waals surface area (Å²) >= 11 is 0. The fourth-order valence-corrected chi connectivity index (χ4v) is 1.76. The van der Waals surface area contributed by atoms with Crippen LogP contribution in [0.3, 0.4) is 0 Å². The van der Waals surface area contributed by atoms with E-state index in [2.05, 4.69) is 12.2 Å². The van der Waals surface area contributed by atoms with Gasteiger partial charge in [0.2, 0.25) is 0 Å². The van der Waals surface area contributed by atoms with Gasteiger partial charge in [-0.3, -0.25) is 4.79 Å². The predicted octanol–water partition coefficient (Wildman–Crippen LogP) is 3.96. The van der Waals surface area contributed by atoms with Crippen LogP contribution in [0.1, 0.15) is 12.0 Å². The monoisotopic (exact) mass is 236 g/mol. The molecule has 1 aliphatic rings. The number of allylic oxidation sites excluding steroid dienone is 7. The van der Waals surface area contributed by atoms with Gasteiger partial charge in [0.1, 0.15) is 0 Å². The number of carbonyl (C=O) groups is 1. The second kappa shape index (κ2) is 6.55. The molecule has 0 saturated carbocycles. The minimum Gasteiger partial charge on any atom is -0.290 e. The number of benzene rings is 1. The number of ketones is 1. The van der Waals surface area contributed by atoms with Gasteiger partial charge >= 0.3 is 0 Å². The van der Waals surface area contributed by atoms with Gasteiger partial charge in [-0.15, -0.1) is 0 Å². The standard InChI is InChI=1S/C17H16O/c18-17(13-11-15-7-3-1-4-8-15)14-12-16-9-5-2-6-10-16/h1-9,11-14,16H,10H2. The molecule has 1 nitrogen and oxygen atoms in total. The fraction of sp³-hybridized carbons (Fsp3) is 0.118. The van der Waals surface area contributed by atoms with Crippen LogP contribution in [0.15, 0.2) is 72.9 Å². The molecule has 0 fully saturated rings. The van der Waals surface area contributed by atoms with Crippen molar-refractivity contribution in [1.82, 2.24) is 0 Å². The summed E-state index contributed by atoms with van der Waals surface area (Å²) in [6.07, 6.45) is 16.3. The van der Waals surface area contributed by atoms with Crippen molar-refractivity contribution in [3.63, 3.8) is 0 Å². The Morgan fingerprint density at radius 3 is 2.67 bits per heavy atom. The van der Waals surface area contributed by atoms with E-state index in [1.807, 2.05) is 54.6 Å². The van der Waals surface area contributed by atoms with E-state index in [-0.39, 0.29) is 5.78 Å². The van der Waals surface area contributed by atoms with Crippen molar-refractivity contribution in [3.05, 3.63) is 78.4 Å². The highest BCUT2D eigenvalue weighted by Crippen LogP contribution is 2.12. The summed E-state index contributed by atoms with van der Waals surface area (Å²) in [5, 5.41) is 0. The Bertz CT molecular complexity index is 504. The number of hydrogen-bond donors (Lipinski definition) is 0. The van der Waals surface area contributed by atoms with Crippen molar-refractivity contribution in [1.29, 1.82) is 0 Å². The lowest BCUT2D eigenvalue weighted by molar-refractivity contribution is -0.110. The number of hydrogen-bond acceptors (Lipinski definition) is 1. The molecule has 0 N–H and O–H groups in total. The highest BCUT2D eigenvalue weighted by Gasteiger charge is 2.00. The largest absolute Gasteiger partial charge is 0.290 e. The Balaban J connectivity index is 1.89. The van der Waals surface area contributed by atoms with Crippen molar-refractivity contribution in [2.24, 2.45) is 5.92 Å². The molecule has 2 rings (SSSR count). The van der Waals surface area contributed by atoms with Gasteiger partial charge in [0, 0.05) is 0 Å². The molecule has 1 aliphatic carbocycles. The quantitative estimate of drug-likeness (QED) is 0.723. The molecular formula is C17H16O. The van der Waals surface area contributed by atoms with Crippen molar-refractivity contribution in [3.8, 4) is 0 Å². The summed E-state index contributed by atoms with van der Waals surface area (Å²) in [6.45, 7) is 0. The zero-order valence-corrected chi connectivity index (χ0v) is 10.2. The van der Waals surface area contributed by atoms with Crippen LogP contribution < -0.4 is 0 Å². The van der Waals surface area contributed by atoms with Crippen LogP contribution in [0.5, 0.6) is 0 Å². The van der Waals surface area contributed by atoms with Crippen LogP contribution in [0.2, 0.25) is 0 Å². The molecule has 0 aromatic heterocycles. The summed E-state index contributed by atoms with van der Waals surface area (Å²) in [6, 6.07) is 9.82. The van der Waals surface area contributed by atoms with E-state index in [0.717, 1.165) is 12.0 Å². The zero-order chi connectivity index (χ0) is 12.6. The first-order valence-corrected chi connectivity index (χ1v) is 6.13. The van der Waals surface area contributed by atoms with E-state index >= 15 is 0 Å². The maximum Gasteiger partial charge on any atom is 0.178 e. The molecule has 90 valence electrons. The summed E-state index contributed by atoms with van der Waals surface area (Å²) in [7, 11) is 0. The Morgan fingerprint density at radius 1 is 1.11 bits per heavy atom. The molecule has 1 heteroatoms. The van der Waals surface area contributed by atoms with E-state index in [1.165, 1.54) is 0 Å². The van der Waals surface area contributed by atoms with Gasteiger partial charge in [0.15, 0.2) is 5.78 Å². The van der Waals surface area contributed by atoms with Crippen LogP contribution in [-0.2, 0) is 4.79 Å². The number of rotatable bonds is 4. The third kappa shape index (κ3) is 4.02. The maximum atomic E-state index is 11.6. The van der Waals surface area contributed by atoms with Crippen molar-refractivity contribution in [2.75, 3.05) is 0 Å². The van der Waals surface area contributed by atoms with Crippen LogP contribution in [0.4, 0.5) is 0 Å². The first kappa shape index (κ1) is 12.3. The van der Waals surface area contributed by atoms with Gasteiger partial charge in [-0.25, -0.2) is 0 Å². The van der Waals surface area contributed by atoms with E-state index in [1.54, 1.807) is 12.2 Å². The van der Waals surface area contributed by atoms with Gasteiger partial charge in [-0.1, -0.05) is 66.8 Å². The molecule has 1 atom stereocenters. The first-order valence-electron chi connectivity index (χ1n) is 6.13. The van der Waals surface area contributed by atoms with Gasteiger partial charge in [0.25, 0.3) is 0 Å². The van der Waals surface area contributed by atoms with Crippen LogP contribution in [0.25, 0.3) is 6.08 Å². The highest BCUT2D eigenvalue weighted by molar-refractivity contribution is 6.02. The van der Waals surface area contributed by atoms with Crippen molar-refractivity contribution >= 4 is 11.9 Å². The van der Waals surface area contributed by atoms with Gasteiger partial charge in [0.05, 0.1) is 0 Å². The fourth-order valence-electron chi connectivity index (χ4n) is 1.76.